The Morgan fingerprint density at radius 3 is 2.88 bits per heavy atom. The largest absolute Gasteiger partial charge is 0.506 e. The van der Waals surface area contributed by atoms with E-state index in [0.717, 1.165) is 17.3 Å². The Labute approximate surface area is 112 Å². The van der Waals surface area contributed by atoms with Crippen molar-refractivity contribution in [3.63, 3.8) is 0 Å². The van der Waals surface area contributed by atoms with Crippen molar-refractivity contribution in [3.05, 3.63) is 26.6 Å². The maximum atomic E-state index is 9.71. The molecule has 0 radical (unpaired) electrons. The van der Waals surface area contributed by atoms with Gasteiger partial charge in [0.05, 0.1) is 10.7 Å². The molecule has 0 saturated carbocycles. The molecule has 0 fully saturated rings. The first-order valence-electron chi connectivity index (χ1n) is 4.98. The van der Waals surface area contributed by atoms with Crippen LogP contribution >= 0.6 is 31.9 Å². The Morgan fingerprint density at radius 2 is 2.19 bits per heavy atom. The van der Waals surface area contributed by atoms with Crippen LogP contribution in [0.1, 0.15) is 25.3 Å². The molecule has 0 heterocycles. The maximum absolute atomic E-state index is 9.71. The summed E-state index contributed by atoms with van der Waals surface area (Å²) in [5.41, 5.74) is 0.609. The summed E-state index contributed by atoms with van der Waals surface area (Å²) in [4.78, 5) is 5.04. The highest BCUT2D eigenvalue weighted by Gasteiger charge is 2.05. The van der Waals surface area contributed by atoms with Gasteiger partial charge in [-0.3, -0.25) is 0 Å². The van der Waals surface area contributed by atoms with E-state index in [9.17, 15) is 5.11 Å². The number of hydrogen-bond acceptors (Lipinski definition) is 3. The van der Waals surface area contributed by atoms with Gasteiger partial charge in [0.25, 0.3) is 0 Å². The fraction of sp³-hybridized carbons (Fsp3) is 0.364. The molecule has 1 aromatic rings. The summed E-state index contributed by atoms with van der Waals surface area (Å²) < 4.78 is 1.49. The highest BCUT2D eigenvalue weighted by Crippen LogP contribution is 2.30. The van der Waals surface area contributed by atoms with Crippen LogP contribution in [-0.4, -0.2) is 17.9 Å². The smallest absolute Gasteiger partial charge is 0.138 e. The molecule has 1 aromatic carbocycles. The van der Waals surface area contributed by atoms with Gasteiger partial charge in [0.2, 0.25) is 0 Å². The van der Waals surface area contributed by atoms with Gasteiger partial charge < -0.3 is 9.94 Å². The molecule has 0 bridgehead atoms. The van der Waals surface area contributed by atoms with Gasteiger partial charge >= 0.3 is 0 Å². The van der Waals surface area contributed by atoms with Gasteiger partial charge in [0, 0.05) is 10.0 Å². The molecule has 3 nitrogen and oxygen atoms in total. The Morgan fingerprint density at radius 1 is 1.44 bits per heavy atom. The summed E-state index contributed by atoms with van der Waals surface area (Å²) in [5.74, 6) is 0.158. The minimum atomic E-state index is 0.158. The molecule has 0 atom stereocenters. The second-order valence-corrected chi connectivity index (χ2v) is 5.02. The summed E-state index contributed by atoms with van der Waals surface area (Å²) >= 11 is 6.59. The highest BCUT2D eigenvalue weighted by atomic mass is 79.9. The van der Waals surface area contributed by atoms with Crippen LogP contribution in [0, 0.1) is 0 Å². The molecule has 0 aliphatic rings. The SMILES string of the molecule is CCCCO/N=C/c1cc(Br)cc(Br)c1O. The zero-order chi connectivity index (χ0) is 12.0. The van der Waals surface area contributed by atoms with E-state index >= 15 is 0 Å². The molecule has 0 aromatic heterocycles. The molecule has 1 rings (SSSR count). The van der Waals surface area contributed by atoms with E-state index in [1.165, 1.54) is 6.21 Å². The predicted octanol–water partition coefficient (Wildman–Crippen LogP) is 4.07. The summed E-state index contributed by atoms with van der Waals surface area (Å²) in [6.45, 7) is 2.69. The lowest BCUT2D eigenvalue weighted by molar-refractivity contribution is 0.142. The third-order valence-electron chi connectivity index (χ3n) is 1.91. The van der Waals surface area contributed by atoms with Crippen molar-refractivity contribution in [2.75, 3.05) is 6.61 Å². The van der Waals surface area contributed by atoms with Gasteiger partial charge in [-0.15, -0.1) is 0 Å². The molecular formula is C11H13Br2NO2. The summed E-state index contributed by atoms with van der Waals surface area (Å²) in [6, 6.07) is 3.54. The normalized spacial score (nSPS) is 10.9. The number of phenolic OH excluding ortho intramolecular Hbond substituents is 1. The lowest BCUT2D eigenvalue weighted by Gasteiger charge is -2.02. The topological polar surface area (TPSA) is 41.8 Å². The number of aromatic hydroxyl groups is 1. The molecule has 16 heavy (non-hydrogen) atoms. The van der Waals surface area contributed by atoms with Crippen molar-refractivity contribution in [1.82, 2.24) is 0 Å². The minimum absolute atomic E-state index is 0.158. The number of benzene rings is 1. The molecule has 5 heteroatoms. The van der Waals surface area contributed by atoms with Gasteiger partial charge in [-0.25, -0.2) is 0 Å². The average Bonchev–Trinajstić information content (AvgIpc) is 2.24. The zero-order valence-electron chi connectivity index (χ0n) is 8.91. The van der Waals surface area contributed by atoms with Gasteiger partial charge in [-0.05, 0) is 34.5 Å². The molecule has 0 aliphatic heterocycles. The second kappa shape index (κ2) is 6.91. The number of halogens is 2. The Kier molecular flexibility index (Phi) is 5.84. The van der Waals surface area contributed by atoms with Crippen LogP contribution in [0.5, 0.6) is 5.75 Å². The standard InChI is InChI=1S/C11H13Br2NO2/c1-2-3-4-16-14-7-8-5-9(12)6-10(13)11(8)15/h5-7,15H,2-4H2,1H3/b14-7+. The molecule has 0 spiro atoms. The first kappa shape index (κ1) is 13.5. The lowest BCUT2D eigenvalue weighted by atomic mass is 10.2. The first-order chi connectivity index (χ1) is 7.65. The van der Waals surface area contributed by atoms with Crippen molar-refractivity contribution in [1.29, 1.82) is 0 Å². The average molecular weight is 351 g/mol. The summed E-state index contributed by atoms with van der Waals surface area (Å²) in [5, 5.41) is 13.5. The molecule has 0 unspecified atom stereocenters. The van der Waals surface area contributed by atoms with Crippen molar-refractivity contribution in [2.45, 2.75) is 19.8 Å². The van der Waals surface area contributed by atoms with Gasteiger partial charge in [0.15, 0.2) is 0 Å². The van der Waals surface area contributed by atoms with Crippen LogP contribution in [0.2, 0.25) is 0 Å². The molecule has 0 saturated heterocycles. The fourth-order valence-electron chi connectivity index (χ4n) is 1.04. The van der Waals surface area contributed by atoms with E-state index in [0.29, 0.717) is 16.6 Å². The van der Waals surface area contributed by atoms with Crippen LogP contribution in [0.25, 0.3) is 0 Å². The zero-order valence-corrected chi connectivity index (χ0v) is 12.1. The number of unbranched alkanes of at least 4 members (excludes halogenated alkanes) is 1. The van der Waals surface area contributed by atoms with Crippen LogP contribution in [0.15, 0.2) is 26.2 Å². The Hall–Kier alpha value is -0.550. The Balaban J connectivity index is 2.66. The van der Waals surface area contributed by atoms with Crippen molar-refractivity contribution >= 4 is 38.1 Å². The monoisotopic (exact) mass is 349 g/mol. The Bertz CT molecular complexity index is 380. The third-order valence-corrected chi connectivity index (χ3v) is 2.98. The molecule has 0 aliphatic carbocycles. The number of hydrogen-bond donors (Lipinski definition) is 1. The van der Waals surface area contributed by atoms with Crippen molar-refractivity contribution in [3.8, 4) is 5.75 Å². The number of rotatable bonds is 5. The first-order valence-corrected chi connectivity index (χ1v) is 6.57. The van der Waals surface area contributed by atoms with Gasteiger partial charge in [-0.2, -0.15) is 0 Å². The number of oxime groups is 1. The van der Waals surface area contributed by atoms with Crippen LogP contribution < -0.4 is 0 Å². The van der Waals surface area contributed by atoms with Gasteiger partial charge in [0.1, 0.15) is 12.4 Å². The quantitative estimate of drug-likeness (QED) is 0.494. The van der Waals surface area contributed by atoms with Crippen LogP contribution in [0.3, 0.4) is 0 Å². The summed E-state index contributed by atoms with van der Waals surface area (Å²) in [7, 11) is 0. The predicted molar refractivity (Wildman–Crippen MR) is 72.0 cm³/mol. The van der Waals surface area contributed by atoms with Crippen LogP contribution in [0.4, 0.5) is 0 Å². The minimum Gasteiger partial charge on any atom is -0.506 e. The summed E-state index contributed by atoms with van der Waals surface area (Å²) in [6.07, 6.45) is 3.55. The molecule has 0 amide bonds. The van der Waals surface area contributed by atoms with E-state index in [1.54, 1.807) is 12.1 Å². The molecule has 88 valence electrons. The van der Waals surface area contributed by atoms with Crippen LogP contribution in [-0.2, 0) is 4.84 Å². The van der Waals surface area contributed by atoms with E-state index < -0.39 is 0 Å². The van der Waals surface area contributed by atoms with E-state index in [-0.39, 0.29) is 5.75 Å². The second-order valence-electron chi connectivity index (χ2n) is 3.25. The van der Waals surface area contributed by atoms with Gasteiger partial charge in [-0.1, -0.05) is 34.4 Å². The van der Waals surface area contributed by atoms with Crippen molar-refractivity contribution < 1.29 is 9.94 Å². The number of phenols is 1. The molecule has 1 N–H and O–H groups in total. The van der Waals surface area contributed by atoms with E-state index in [4.69, 9.17) is 4.84 Å². The maximum Gasteiger partial charge on any atom is 0.138 e. The lowest BCUT2D eigenvalue weighted by Crippen LogP contribution is -1.89. The number of nitrogens with zero attached hydrogens (tertiary/aromatic N) is 1. The molecular weight excluding hydrogens is 338 g/mol. The van der Waals surface area contributed by atoms with E-state index in [2.05, 4.69) is 43.9 Å². The van der Waals surface area contributed by atoms with E-state index in [1.807, 2.05) is 0 Å². The van der Waals surface area contributed by atoms with Crippen molar-refractivity contribution in [2.24, 2.45) is 5.16 Å². The fourth-order valence-corrected chi connectivity index (χ4v) is 2.30. The highest BCUT2D eigenvalue weighted by molar-refractivity contribution is 9.11. The third kappa shape index (κ3) is 4.14.